The fourth-order valence-electron chi connectivity index (χ4n) is 3.71. The van der Waals surface area contributed by atoms with Gasteiger partial charge in [0.05, 0.1) is 6.61 Å². The van der Waals surface area contributed by atoms with Crippen molar-refractivity contribution in [2.75, 3.05) is 0 Å². The van der Waals surface area contributed by atoms with Gasteiger partial charge in [0.25, 0.3) is 5.91 Å². The molecule has 1 heterocycles. The van der Waals surface area contributed by atoms with Crippen LogP contribution in [0.5, 0.6) is 0 Å². The number of hydrogen-bond donors (Lipinski definition) is 2. The van der Waals surface area contributed by atoms with E-state index < -0.39 is 13.2 Å². The third-order valence-corrected chi connectivity index (χ3v) is 5.29. The van der Waals surface area contributed by atoms with Gasteiger partial charge in [-0.05, 0) is 61.2 Å². The van der Waals surface area contributed by atoms with E-state index in [2.05, 4.69) is 5.32 Å². The third-order valence-electron chi connectivity index (χ3n) is 5.29. The quantitative estimate of drug-likeness (QED) is 0.614. The van der Waals surface area contributed by atoms with Gasteiger partial charge in [-0.15, -0.1) is 0 Å². The van der Waals surface area contributed by atoms with Gasteiger partial charge in [-0.25, -0.2) is 4.79 Å². The molecule has 1 saturated carbocycles. The number of nitrogens with one attached hydrogen (secondary N) is 1. The number of fused-ring (bicyclic) bond motifs is 1. The molecule has 26 heavy (non-hydrogen) atoms. The van der Waals surface area contributed by atoms with Gasteiger partial charge in [-0.3, -0.25) is 4.79 Å². The van der Waals surface area contributed by atoms with Crippen LogP contribution in [-0.4, -0.2) is 36.2 Å². The maximum atomic E-state index is 12.8. The fraction of sp³-hybridized carbons (Fsp3) is 0.579. The summed E-state index contributed by atoms with van der Waals surface area (Å²) >= 11 is 0. The molecule has 1 aromatic carbocycles. The van der Waals surface area contributed by atoms with E-state index in [4.69, 9.17) is 9.39 Å². The predicted octanol–water partition coefficient (Wildman–Crippen LogP) is 1.45. The number of carbonyl (C=O) groups is 2. The van der Waals surface area contributed by atoms with E-state index >= 15 is 0 Å². The largest absolute Gasteiger partial charge is 0.492 e. The number of hydrogen-bond acceptors (Lipinski definition) is 5. The smallest absolute Gasteiger partial charge is 0.461 e. The second kappa shape index (κ2) is 7.80. The normalized spacial score (nSPS) is 18.1. The molecule has 1 unspecified atom stereocenters. The van der Waals surface area contributed by atoms with Gasteiger partial charge in [0.15, 0.2) is 0 Å². The van der Waals surface area contributed by atoms with E-state index in [1.54, 1.807) is 19.1 Å². The molecule has 1 aromatic rings. The summed E-state index contributed by atoms with van der Waals surface area (Å²) < 4.78 is 10.8. The molecule has 0 aromatic heterocycles. The lowest BCUT2D eigenvalue weighted by atomic mass is 9.75. The fourth-order valence-corrected chi connectivity index (χ4v) is 3.71. The van der Waals surface area contributed by atoms with Crippen molar-refractivity contribution in [3.8, 4) is 0 Å². The Morgan fingerprint density at radius 1 is 1.31 bits per heavy atom. The highest BCUT2D eigenvalue weighted by molar-refractivity contribution is 6.62. The summed E-state index contributed by atoms with van der Waals surface area (Å²) in [5.41, 5.74) is 2.64. The van der Waals surface area contributed by atoms with Gasteiger partial charge in [0, 0.05) is 5.56 Å². The van der Waals surface area contributed by atoms with Crippen molar-refractivity contribution >= 4 is 24.5 Å². The zero-order chi connectivity index (χ0) is 18.8. The number of benzene rings is 1. The highest BCUT2D eigenvalue weighted by atomic mass is 16.5. The Morgan fingerprint density at radius 3 is 2.65 bits per heavy atom. The average molecular weight is 359 g/mol. The third kappa shape index (κ3) is 3.79. The van der Waals surface area contributed by atoms with Crippen molar-refractivity contribution in [2.24, 2.45) is 5.92 Å². The number of rotatable bonds is 5. The first kappa shape index (κ1) is 18.9. The van der Waals surface area contributed by atoms with Gasteiger partial charge >= 0.3 is 13.1 Å². The number of esters is 1. The molecule has 0 radical (unpaired) electrons. The van der Waals surface area contributed by atoms with E-state index in [1.807, 2.05) is 13.8 Å². The van der Waals surface area contributed by atoms with E-state index in [9.17, 15) is 14.6 Å². The highest BCUT2D eigenvalue weighted by Crippen LogP contribution is 2.22. The summed E-state index contributed by atoms with van der Waals surface area (Å²) in [7, 11) is -1.01. The molecule has 2 N–H and O–H groups in total. The van der Waals surface area contributed by atoms with E-state index in [0.717, 1.165) is 31.2 Å². The molecule has 1 amide bonds. The highest BCUT2D eigenvalue weighted by Gasteiger charge is 2.33. The van der Waals surface area contributed by atoms with Crippen molar-refractivity contribution < 1.29 is 24.0 Å². The molecule has 6 nitrogen and oxygen atoms in total. The van der Waals surface area contributed by atoms with Crippen LogP contribution < -0.4 is 10.8 Å². The summed E-state index contributed by atoms with van der Waals surface area (Å²) in [6.07, 6.45) is 3.92. The second-order valence-electron chi connectivity index (χ2n) is 7.51. The predicted molar refractivity (Wildman–Crippen MR) is 98.0 cm³/mol. The molecule has 0 bridgehead atoms. The van der Waals surface area contributed by atoms with Crippen molar-refractivity contribution in [1.29, 1.82) is 0 Å². The number of amides is 1. The first-order valence-electron chi connectivity index (χ1n) is 9.32. The van der Waals surface area contributed by atoms with E-state index in [0.29, 0.717) is 23.2 Å². The molecule has 1 atom stereocenters. The Labute approximate surface area is 154 Å². The molecule has 0 spiro atoms. The summed E-state index contributed by atoms with van der Waals surface area (Å²) in [5, 5.41) is 12.8. The Kier molecular flexibility index (Phi) is 5.68. The summed E-state index contributed by atoms with van der Waals surface area (Å²) in [4.78, 5) is 25.3. The van der Waals surface area contributed by atoms with Crippen LogP contribution in [0.4, 0.5) is 0 Å². The molecule has 1 aliphatic heterocycles. The van der Waals surface area contributed by atoms with Crippen LogP contribution in [0.1, 0.15) is 61.0 Å². The molecule has 140 valence electrons. The Morgan fingerprint density at radius 2 is 2.00 bits per heavy atom. The van der Waals surface area contributed by atoms with Crippen LogP contribution in [-0.2, 0) is 20.8 Å². The first-order chi connectivity index (χ1) is 12.4. The monoisotopic (exact) mass is 359 g/mol. The lowest BCUT2D eigenvalue weighted by Crippen LogP contribution is -2.46. The lowest BCUT2D eigenvalue weighted by Gasteiger charge is -2.23. The second-order valence-corrected chi connectivity index (χ2v) is 7.51. The zero-order valence-electron chi connectivity index (χ0n) is 15.6. The van der Waals surface area contributed by atoms with Gasteiger partial charge in [0.2, 0.25) is 0 Å². The van der Waals surface area contributed by atoms with Crippen LogP contribution in [0.2, 0.25) is 0 Å². The minimum atomic E-state index is -1.01. The van der Waals surface area contributed by atoms with E-state index in [-0.39, 0.29) is 23.9 Å². The summed E-state index contributed by atoms with van der Waals surface area (Å²) in [5.74, 6) is -0.801. The van der Waals surface area contributed by atoms with Gasteiger partial charge in [0.1, 0.15) is 12.1 Å². The van der Waals surface area contributed by atoms with Gasteiger partial charge in [-0.2, -0.15) is 0 Å². The van der Waals surface area contributed by atoms with Crippen LogP contribution >= 0.6 is 0 Å². The molecule has 1 fully saturated rings. The number of ether oxygens (including phenoxy) is 1. The zero-order valence-corrected chi connectivity index (χ0v) is 15.6. The van der Waals surface area contributed by atoms with Crippen molar-refractivity contribution in [3.05, 3.63) is 28.8 Å². The molecule has 3 rings (SSSR count). The van der Waals surface area contributed by atoms with Crippen molar-refractivity contribution in [1.82, 2.24) is 5.32 Å². The molecule has 7 heteroatoms. The Hall–Kier alpha value is -1.86. The van der Waals surface area contributed by atoms with Crippen LogP contribution in [0.15, 0.2) is 12.1 Å². The number of carbonyl (C=O) groups excluding carboxylic acids is 2. The Balaban J connectivity index is 1.74. The maximum Gasteiger partial charge on any atom is 0.492 e. The first-order valence-corrected chi connectivity index (χ1v) is 9.32. The lowest BCUT2D eigenvalue weighted by molar-refractivity contribution is -0.152. The summed E-state index contributed by atoms with van der Waals surface area (Å²) in [6.45, 7) is 5.89. The standard InChI is InChI=1S/C19H26BNO5/c1-11(2)17(19(23)26-14-6-4-5-7-14)21-18(22)15-9-8-13-10-25-20(24)16(13)12(15)3/h8-9,11,14,17,24H,4-7,10H2,1-3H3,(H,21,22). The van der Waals surface area contributed by atoms with Gasteiger partial charge < -0.3 is 19.7 Å². The van der Waals surface area contributed by atoms with E-state index in [1.165, 1.54) is 0 Å². The summed E-state index contributed by atoms with van der Waals surface area (Å²) in [6, 6.07) is 2.80. The molecule has 1 aliphatic carbocycles. The van der Waals surface area contributed by atoms with Crippen LogP contribution in [0.3, 0.4) is 0 Å². The topological polar surface area (TPSA) is 84.9 Å². The molecule has 2 aliphatic rings. The van der Waals surface area contributed by atoms with Crippen molar-refractivity contribution in [3.63, 3.8) is 0 Å². The van der Waals surface area contributed by atoms with Crippen LogP contribution in [0.25, 0.3) is 0 Å². The SMILES string of the molecule is Cc1c(C(=O)NC(C(=O)OC2CCCC2)C(C)C)ccc2c1B(O)OC2. The van der Waals surface area contributed by atoms with Crippen molar-refractivity contribution in [2.45, 2.75) is 65.2 Å². The maximum absolute atomic E-state index is 12.8. The van der Waals surface area contributed by atoms with Gasteiger partial charge in [-0.1, -0.05) is 19.9 Å². The molecule has 0 saturated heterocycles. The average Bonchev–Trinajstić information content (AvgIpc) is 3.22. The van der Waals surface area contributed by atoms with Crippen LogP contribution in [0, 0.1) is 12.8 Å². The minimum Gasteiger partial charge on any atom is -0.461 e. The minimum absolute atomic E-state index is 0.0327. The Bertz CT molecular complexity index is 699. The molecular formula is C19H26BNO5. The molecular weight excluding hydrogens is 333 g/mol.